The topological polar surface area (TPSA) is 67.6 Å². The van der Waals surface area contributed by atoms with Gasteiger partial charge in [0.25, 0.3) is 0 Å². The van der Waals surface area contributed by atoms with Gasteiger partial charge in [-0.2, -0.15) is 0 Å². The van der Waals surface area contributed by atoms with Crippen molar-refractivity contribution >= 4 is 17.4 Å². The van der Waals surface area contributed by atoms with E-state index >= 15 is 0 Å². The van der Waals surface area contributed by atoms with E-state index in [1.165, 1.54) is 12.1 Å². The summed E-state index contributed by atoms with van der Waals surface area (Å²) in [4.78, 5) is 19.6. The molecule has 2 aromatic heterocycles. The van der Waals surface area contributed by atoms with Crippen LogP contribution in [0.5, 0.6) is 0 Å². The van der Waals surface area contributed by atoms with Gasteiger partial charge in [0, 0.05) is 37.6 Å². The molecule has 0 saturated carbocycles. The lowest BCUT2D eigenvalue weighted by atomic mass is 10.1. The maximum absolute atomic E-state index is 14.2. The first-order chi connectivity index (χ1) is 14.6. The lowest BCUT2D eigenvalue weighted by molar-refractivity contribution is 0.556. The number of anilines is 1. The van der Waals surface area contributed by atoms with Gasteiger partial charge in [-0.25, -0.2) is 14.2 Å². The number of imidazole rings is 2. The molecule has 4 aromatic rings. The van der Waals surface area contributed by atoms with Gasteiger partial charge in [0.05, 0.1) is 17.0 Å². The van der Waals surface area contributed by atoms with E-state index in [0.29, 0.717) is 30.2 Å². The summed E-state index contributed by atoms with van der Waals surface area (Å²) in [7, 11) is 0. The van der Waals surface area contributed by atoms with Crippen LogP contribution in [-0.2, 0) is 19.6 Å². The molecular formula is C22H21ClFN5O. The van der Waals surface area contributed by atoms with Crippen molar-refractivity contribution in [3.63, 3.8) is 0 Å². The summed E-state index contributed by atoms with van der Waals surface area (Å²) in [6, 6.07) is 14.4. The van der Waals surface area contributed by atoms with Crippen LogP contribution in [0, 0.1) is 5.82 Å². The molecule has 154 valence electrons. The van der Waals surface area contributed by atoms with Crippen LogP contribution in [0.3, 0.4) is 0 Å². The summed E-state index contributed by atoms with van der Waals surface area (Å²) in [6.45, 7) is 1.72. The average molecular weight is 426 g/mol. The molecule has 0 radical (unpaired) electrons. The number of nitrogens with one attached hydrogen (secondary N) is 2. The second-order valence-electron chi connectivity index (χ2n) is 6.93. The van der Waals surface area contributed by atoms with E-state index in [1.807, 2.05) is 41.1 Å². The van der Waals surface area contributed by atoms with E-state index < -0.39 is 5.82 Å². The van der Waals surface area contributed by atoms with E-state index in [9.17, 15) is 9.18 Å². The number of rotatable bonds is 8. The molecule has 2 heterocycles. The molecule has 0 fully saturated rings. The first kappa shape index (κ1) is 20.0. The first-order valence-corrected chi connectivity index (χ1v) is 10.0. The molecule has 0 saturated heterocycles. The standard InChI is InChI=1S/C22H21ClFN5O/c23-18-8-7-17(13-19(18)24)20-21(26-14-16-5-2-1-3-6-16)27-22(30)29(20)11-4-10-28-12-9-25-15-28/h1-3,5-9,12-13,15,26H,4,10-11,14H2,(H,27,30). The average Bonchev–Trinajstić information content (AvgIpc) is 3.37. The van der Waals surface area contributed by atoms with Crippen LogP contribution in [0.15, 0.2) is 72.0 Å². The summed E-state index contributed by atoms with van der Waals surface area (Å²) in [5.41, 5.74) is 2.01. The number of benzene rings is 2. The van der Waals surface area contributed by atoms with Crippen LogP contribution in [0.2, 0.25) is 5.02 Å². The molecule has 0 spiro atoms. The number of halogens is 2. The molecule has 0 aliphatic rings. The van der Waals surface area contributed by atoms with Crippen LogP contribution >= 0.6 is 11.6 Å². The number of aryl methyl sites for hydroxylation is 1. The predicted molar refractivity (Wildman–Crippen MR) is 116 cm³/mol. The Kier molecular flexibility index (Phi) is 5.99. The largest absolute Gasteiger partial charge is 0.366 e. The number of aromatic amines is 1. The maximum atomic E-state index is 14.2. The molecule has 0 aliphatic heterocycles. The van der Waals surface area contributed by atoms with Crippen molar-refractivity contribution in [2.45, 2.75) is 26.1 Å². The number of hydrogen-bond acceptors (Lipinski definition) is 3. The number of hydrogen-bond donors (Lipinski definition) is 2. The second-order valence-corrected chi connectivity index (χ2v) is 7.33. The van der Waals surface area contributed by atoms with Crippen molar-refractivity contribution in [2.24, 2.45) is 0 Å². The molecule has 2 N–H and O–H groups in total. The van der Waals surface area contributed by atoms with Crippen LogP contribution in [0.1, 0.15) is 12.0 Å². The zero-order valence-electron chi connectivity index (χ0n) is 16.2. The Bertz CT molecular complexity index is 1170. The van der Waals surface area contributed by atoms with E-state index in [4.69, 9.17) is 11.6 Å². The summed E-state index contributed by atoms with van der Waals surface area (Å²) in [6.07, 6.45) is 6.05. The first-order valence-electron chi connectivity index (χ1n) is 9.63. The van der Waals surface area contributed by atoms with Crippen LogP contribution in [0.4, 0.5) is 10.2 Å². The highest BCUT2D eigenvalue weighted by Crippen LogP contribution is 2.29. The highest BCUT2D eigenvalue weighted by atomic mass is 35.5. The van der Waals surface area contributed by atoms with Crippen molar-refractivity contribution in [1.29, 1.82) is 0 Å². The van der Waals surface area contributed by atoms with Crippen molar-refractivity contribution in [2.75, 3.05) is 5.32 Å². The third kappa shape index (κ3) is 4.46. The highest BCUT2D eigenvalue weighted by Gasteiger charge is 2.17. The molecule has 8 heteroatoms. The Balaban J connectivity index is 1.64. The van der Waals surface area contributed by atoms with Gasteiger partial charge < -0.3 is 9.88 Å². The predicted octanol–water partition coefficient (Wildman–Crippen LogP) is 4.53. The van der Waals surface area contributed by atoms with Crippen LogP contribution in [-0.4, -0.2) is 19.1 Å². The molecule has 30 heavy (non-hydrogen) atoms. The van der Waals surface area contributed by atoms with Crippen molar-refractivity contribution in [3.05, 3.63) is 94.1 Å². The van der Waals surface area contributed by atoms with Crippen LogP contribution in [0.25, 0.3) is 11.3 Å². The van der Waals surface area contributed by atoms with Crippen LogP contribution < -0.4 is 11.0 Å². The normalized spacial score (nSPS) is 11.0. The number of H-pyrrole nitrogens is 1. The Hall–Kier alpha value is -3.32. The van der Waals surface area contributed by atoms with Gasteiger partial charge in [0.2, 0.25) is 0 Å². The Morgan fingerprint density at radius 3 is 2.70 bits per heavy atom. The third-order valence-electron chi connectivity index (χ3n) is 4.85. The Labute approximate surface area is 178 Å². The van der Waals surface area contributed by atoms with Gasteiger partial charge in [0.1, 0.15) is 11.6 Å². The lowest BCUT2D eigenvalue weighted by Gasteiger charge is -2.12. The molecule has 0 amide bonds. The summed E-state index contributed by atoms with van der Waals surface area (Å²) in [5.74, 6) is 0.0231. The van der Waals surface area contributed by atoms with Gasteiger partial charge >= 0.3 is 5.69 Å². The minimum absolute atomic E-state index is 0.0436. The van der Waals surface area contributed by atoms with E-state index in [2.05, 4.69) is 15.3 Å². The molecule has 0 unspecified atom stereocenters. The molecule has 6 nitrogen and oxygen atoms in total. The Morgan fingerprint density at radius 2 is 1.97 bits per heavy atom. The smallest absolute Gasteiger partial charge is 0.327 e. The third-order valence-corrected chi connectivity index (χ3v) is 5.15. The van der Waals surface area contributed by atoms with E-state index in [-0.39, 0.29) is 10.7 Å². The minimum Gasteiger partial charge on any atom is -0.366 e. The summed E-state index contributed by atoms with van der Waals surface area (Å²) >= 11 is 5.86. The minimum atomic E-state index is -0.526. The van der Waals surface area contributed by atoms with E-state index in [0.717, 1.165) is 18.5 Å². The van der Waals surface area contributed by atoms with E-state index in [1.54, 1.807) is 23.2 Å². The van der Waals surface area contributed by atoms with Crippen molar-refractivity contribution in [3.8, 4) is 11.3 Å². The second kappa shape index (κ2) is 9.00. The van der Waals surface area contributed by atoms with Crippen molar-refractivity contribution < 1.29 is 4.39 Å². The fourth-order valence-corrected chi connectivity index (χ4v) is 3.49. The fourth-order valence-electron chi connectivity index (χ4n) is 3.37. The molecule has 0 atom stereocenters. The zero-order chi connectivity index (χ0) is 20.9. The summed E-state index contributed by atoms with van der Waals surface area (Å²) in [5, 5.41) is 3.32. The number of nitrogens with zero attached hydrogens (tertiary/aromatic N) is 3. The zero-order valence-corrected chi connectivity index (χ0v) is 16.9. The molecule has 4 rings (SSSR count). The van der Waals surface area contributed by atoms with Gasteiger partial charge in [0.15, 0.2) is 0 Å². The van der Waals surface area contributed by atoms with Gasteiger partial charge in [-0.15, -0.1) is 0 Å². The van der Waals surface area contributed by atoms with Gasteiger partial charge in [-0.3, -0.25) is 9.55 Å². The summed E-state index contributed by atoms with van der Waals surface area (Å²) < 4.78 is 17.7. The molecule has 0 bridgehead atoms. The maximum Gasteiger partial charge on any atom is 0.327 e. The molecule has 0 aliphatic carbocycles. The molecule has 2 aromatic carbocycles. The lowest BCUT2D eigenvalue weighted by Crippen LogP contribution is -2.18. The molecular weight excluding hydrogens is 405 g/mol. The SMILES string of the molecule is O=c1[nH]c(NCc2ccccc2)c(-c2ccc(Cl)c(F)c2)n1CCCn1ccnc1. The highest BCUT2D eigenvalue weighted by molar-refractivity contribution is 6.30. The monoisotopic (exact) mass is 425 g/mol. The quantitative estimate of drug-likeness (QED) is 0.435. The van der Waals surface area contributed by atoms with Crippen molar-refractivity contribution in [1.82, 2.24) is 19.1 Å². The number of aromatic nitrogens is 4. The van der Waals surface area contributed by atoms with Gasteiger partial charge in [-0.1, -0.05) is 48.0 Å². The fraction of sp³-hybridized carbons (Fsp3) is 0.182. The Morgan fingerprint density at radius 1 is 1.13 bits per heavy atom. The van der Waals surface area contributed by atoms with Gasteiger partial charge in [-0.05, 0) is 24.1 Å².